The van der Waals surface area contributed by atoms with E-state index in [9.17, 15) is 4.79 Å². The molecule has 198 valence electrons. The first-order valence-electron chi connectivity index (χ1n) is 15.2. The van der Waals surface area contributed by atoms with Crippen LogP contribution in [-0.4, -0.2) is 30.4 Å². The van der Waals surface area contributed by atoms with Crippen LogP contribution in [0.25, 0.3) is 0 Å². The Morgan fingerprint density at radius 1 is 0.455 bits per heavy atom. The minimum atomic E-state index is 0.140. The Labute approximate surface area is 209 Å². The van der Waals surface area contributed by atoms with E-state index < -0.39 is 0 Å². The molecule has 0 aliphatic rings. The van der Waals surface area contributed by atoms with Crippen molar-refractivity contribution in [2.45, 2.75) is 168 Å². The van der Waals surface area contributed by atoms with E-state index in [4.69, 9.17) is 5.73 Å². The summed E-state index contributed by atoms with van der Waals surface area (Å²) < 4.78 is 0. The van der Waals surface area contributed by atoms with Crippen molar-refractivity contribution in [3.8, 4) is 0 Å². The van der Waals surface area contributed by atoms with Crippen LogP contribution in [0.1, 0.15) is 168 Å². The Kier molecular flexibility index (Phi) is 27.2. The van der Waals surface area contributed by atoms with Gasteiger partial charge in [0, 0.05) is 13.1 Å². The van der Waals surface area contributed by atoms with Gasteiger partial charge in [-0.25, -0.2) is 0 Å². The summed E-state index contributed by atoms with van der Waals surface area (Å²) in [5.74, 6) is 0.140. The van der Waals surface area contributed by atoms with Gasteiger partial charge in [0.2, 0.25) is 5.91 Å². The minimum Gasteiger partial charge on any atom is -0.342 e. The topological polar surface area (TPSA) is 46.3 Å². The molecule has 0 bridgehead atoms. The van der Waals surface area contributed by atoms with Gasteiger partial charge in [0.25, 0.3) is 0 Å². The number of hydrogen-bond donors (Lipinski definition) is 1. The SMILES string of the molecule is CCCCCCCCCCCCCCN(CCCCCCCCCCCCCC)C(=O)CN. The molecule has 0 radical (unpaired) electrons. The number of amides is 1. The third-order valence-corrected chi connectivity index (χ3v) is 7.09. The molecule has 3 heteroatoms. The van der Waals surface area contributed by atoms with Crippen LogP contribution in [0.2, 0.25) is 0 Å². The first-order chi connectivity index (χ1) is 16.3. The van der Waals surface area contributed by atoms with Crippen molar-refractivity contribution in [2.75, 3.05) is 19.6 Å². The van der Waals surface area contributed by atoms with E-state index >= 15 is 0 Å². The van der Waals surface area contributed by atoms with Crippen molar-refractivity contribution < 1.29 is 4.79 Å². The molecule has 0 aliphatic heterocycles. The Morgan fingerprint density at radius 2 is 0.697 bits per heavy atom. The molecule has 0 saturated carbocycles. The summed E-state index contributed by atoms with van der Waals surface area (Å²) in [6.07, 6.45) is 32.6. The van der Waals surface area contributed by atoms with Crippen LogP contribution >= 0.6 is 0 Å². The maximum absolute atomic E-state index is 12.2. The van der Waals surface area contributed by atoms with Gasteiger partial charge < -0.3 is 10.6 Å². The van der Waals surface area contributed by atoms with Crippen LogP contribution in [0, 0.1) is 0 Å². The van der Waals surface area contributed by atoms with E-state index in [-0.39, 0.29) is 12.5 Å². The molecule has 0 aromatic carbocycles. The summed E-state index contributed by atoms with van der Waals surface area (Å²) in [7, 11) is 0. The number of carbonyl (C=O) groups is 1. The summed E-state index contributed by atoms with van der Waals surface area (Å²) in [6.45, 7) is 6.54. The lowest BCUT2D eigenvalue weighted by atomic mass is 10.0. The van der Waals surface area contributed by atoms with E-state index in [0.29, 0.717) is 0 Å². The third-order valence-electron chi connectivity index (χ3n) is 7.09. The van der Waals surface area contributed by atoms with E-state index in [0.717, 1.165) is 25.9 Å². The van der Waals surface area contributed by atoms with Crippen LogP contribution in [0.5, 0.6) is 0 Å². The number of nitrogens with two attached hydrogens (primary N) is 1. The molecule has 2 N–H and O–H groups in total. The molecule has 0 rings (SSSR count). The largest absolute Gasteiger partial charge is 0.342 e. The normalized spacial score (nSPS) is 11.2. The van der Waals surface area contributed by atoms with Gasteiger partial charge in [0.05, 0.1) is 6.54 Å². The van der Waals surface area contributed by atoms with Crippen molar-refractivity contribution in [3.05, 3.63) is 0 Å². The maximum atomic E-state index is 12.2. The molecular weight excluding hydrogens is 404 g/mol. The summed E-state index contributed by atoms with van der Waals surface area (Å²) in [4.78, 5) is 14.2. The van der Waals surface area contributed by atoms with Crippen molar-refractivity contribution in [3.63, 3.8) is 0 Å². The first-order valence-corrected chi connectivity index (χ1v) is 15.2. The molecule has 0 unspecified atom stereocenters. The second kappa shape index (κ2) is 27.7. The molecule has 1 amide bonds. The van der Waals surface area contributed by atoms with Gasteiger partial charge in [-0.05, 0) is 12.8 Å². The van der Waals surface area contributed by atoms with Gasteiger partial charge in [-0.2, -0.15) is 0 Å². The fourth-order valence-corrected chi connectivity index (χ4v) is 4.78. The van der Waals surface area contributed by atoms with Crippen molar-refractivity contribution in [1.29, 1.82) is 0 Å². The van der Waals surface area contributed by atoms with Gasteiger partial charge in [0.15, 0.2) is 0 Å². The number of carbonyl (C=O) groups excluding carboxylic acids is 1. The highest BCUT2D eigenvalue weighted by Crippen LogP contribution is 2.14. The van der Waals surface area contributed by atoms with Crippen LogP contribution in [0.4, 0.5) is 0 Å². The molecule has 0 spiro atoms. The predicted octanol–water partition coefficient (Wildman–Crippen LogP) is 9.18. The van der Waals surface area contributed by atoms with Gasteiger partial charge >= 0.3 is 0 Å². The van der Waals surface area contributed by atoms with E-state index in [2.05, 4.69) is 13.8 Å². The summed E-state index contributed by atoms with van der Waals surface area (Å²) in [5, 5.41) is 0. The van der Waals surface area contributed by atoms with E-state index in [1.165, 1.54) is 141 Å². The molecule has 0 aromatic heterocycles. The highest BCUT2D eigenvalue weighted by molar-refractivity contribution is 5.77. The molecule has 0 fully saturated rings. The molecule has 0 heterocycles. The fraction of sp³-hybridized carbons (Fsp3) is 0.967. The Hall–Kier alpha value is -0.570. The highest BCUT2D eigenvalue weighted by Gasteiger charge is 2.10. The standard InChI is InChI=1S/C30H62N2O/c1-3-5-7-9-11-13-15-17-19-21-23-25-27-32(30(33)29-31)28-26-24-22-20-18-16-14-12-10-8-6-4-2/h3-29,31H2,1-2H3. The van der Waals surface area contributed by atoms with Crippen LogP contribution in [0.15, 0.2) is 0 Å². The second-order valence-corrected chi connectivity index (χ2v) is 10.4. The minimum absolute atomic E-state index is 0.140. The molecule has 0 aliphatic carbocycles. The Balaban J connectivity index is 3.54. The van der Waals surface area contributed by atoms with E-state index in [1.54, 1.807) is 0 Å². The van der Waals surface area contributed by atoms with Crippen molar-refractivity contribution in [2.24, 2.45) is 5.73 Å². The number of unbranched alkanes of at least 4 members (excludes halogenated alkanes) is 22. The Morgan fingerprint density at radius 3 is 0.939 bits per heavy atom. The maximum Gasteiger partial charge on any atom is 0.236 e. The second-order valence-electron chi connectivity index (χ2n) is 10.4. The molecule has 3 nitrogen and oxygen atoms in total. The lowest BCUT2D eigenvalue weighted by Crippen LogP contribution is -2.37. The van der Waals surface area contributed by atoms with Crippen molar-refractivity contribution >= 4 is 5.91 Å². The Bertz CT molecular complexity index is 357. The van der Waals surface area contributed by atoms with Crippen LogP contribution in [-0.2, 0) is 4.79 Å². The van der Waals surface area contributed by atoms with Crippen LogP contribution < -0.4 is 5.73 Å². The van der Waals surface area contributed by atoms with Gasteiger partial charge in [-0.1, -0.05) is 155 Å². The average Bonchev–Trinajstić information content (AvgIpc) is 2.83. The zero-order chi connectivity index (χ0) is 24.2. The van der Waals surface area contributed by atoms with Crippen LogP contribution in [0.3, 0.4) is 0 Å². The molecule has 0 aromatic rings. The van der Waals surface area contributed by atoms with Gasteiger partial charge in [-0.3, -0.25) is 4.79 Å². The third kappa shape index (κ3) is 24.4. The number of nitrogens with zero attached hydrogens (tertiary/aromatic N) is 1. The fourth-order valence-electron chi connectivity index (χ4n) is 4.78. The lowest BCUT2D eigenvalue weighted by Gasteiger charge is -2.22. The zero-order valence-electron chi connectivity index (χ0n) is 23.0. The first kappa shape index (κ1) is 32.4. The highest BCUT2D eigenvalue weighted by atomic mass is 16.2. The molecule has 33 heavy (non-hydrogen) atoms. The quantitative estimate of drug-likeness (QED) is 0.123. The summed E-state index contributed by atoms with van der Waals surface area (Å²) in [6, 6.07) is 0. The van der Waals surface area contributed by atoms with Gasteiger partial charge in [0.1, 0.15) is 0 Å². The van der Waals surface area contributed by atoms with E-state index in [1.807, 2.05) is 4.90 Å². The zero-order valence-corrected chi connectivity index (χ0v) is 23.0. The molecular formula is C30H62N2O. The lowest BCUT2D eigenvalue weighted by molar-refractivity contribution is -0.129. The number of rotatable bonds is 27. The average molecular weight is 467 g/mol. The van der Waals surface area contributed by atoms with Gasteiger partial charge in [-0.15, -0.1) is 0 Å². The van der Waals surface area contributed by atoms with Crippen molar-refractivity contribution in [1.82, 2.24) is 4.90 Å². The number of hydrogen-bond acceptors (Lipinski definition) is 2. The monoisotopic (exact) mass is 466 g/mol. The predicted molar refractivity (Wildman–Crippen MR) is 148 cm³/mol. The molecule has 0 atom stereocenters. The summed E-state index contributed by atoms with van der Waals surface area (Å²) >= 11 is 0. The smallest absolute Gasteiger partial charge is 0.236 e. The summed E-state index contributed by atoms with van der Waals surface area (Å²) in [5.41, 5.74) is 5.66. The molecule has 0 saturated heterocycles.